The molecule has 1 aliphatic rings. The van der Waals surface area contributed by atoms with E-state index in [4.69, 9.17) is 11.6 Å². The van der Waals surface area contributed by atoms with Crippen LogP contribution in [-0.2, 0) is 9.59 Å². The number of nitrogens with one attached hydrogen (secondary N) is 1. The van der Waals surface area contributed by atoms with Gasteiger partial charge in [0.2, 0.25) is 5.91 Å². The molecule has 0 atom stereocenters. The number of barbiturate groups is 1. The smallest absolute Gasteiger partial charge is 0.276 e. The van der Waals surface area contributed by atoms with Crippen LogP contribution in [0.4, 0.5) is 10.5 Å². The third-order valence-electron chi connectivity index (χ3n) is 3.83. The molecule has 112 valence electrons. The largest absolute Gasteiger partial charge is 0.335 e. The van der Waals surface area contributed by atoms with Crippen molar-refractivity contribution in [2.24, 2.45) is 5.41 Å². The van der Waals surface area contributed by atoms with E-state index in [2.05, 4.69) is 27.9 Å². The molecule has 0 saturated carbocycles. The van der Waals surface area contributed by atoms with Crippen molar-refractivity contribution in [2.75, 3.05) is 4.90 Å². The summed E-state index contributed by atoms with van der Waals surface area (Å²) in [6, 6.07) is 4.26. The number of carbonyl (C=O) groups excluding carboxylic acids is 3. The minimum absolute atomic E-state index is 0.290. The third kappa shape index (κ3) is 2.55. The molecule has 0 bridgehead atoms. The van der Waals surface area contributed by atoms with Crippen LogP contribution in [0, 0.1) is 8.99 Å². The third-order valence-corrected chi connectivity index (χ3v) is 4.80. The Bertz CT molecular complexity index is 629. The predicted molar refractivity (Wildman–Crippen MR) is 88.2 cm³/mol. The van der Waals surface area contributed by atoms with Crippen LogP contribution in [0.15, 0.2) is 18.2 Å². The second kappa shape index (κ2) is 5.92. The van der Waals surface area contributed by atoms with Gasteiger partial charge in [-0.3, -0.25) is 14.9 Å². The molecule has 7 heteroatoms. The Labute approximate surface area is 141 Å². The van der Waals surface area contributed by atoms with Crippen molar-refractivity contribution < 1.29 is 14.4 Å². The SMILES string of the molecule is CCC1(CC)C(=O)NC(=O)N(c2ccc(I)cc2Cl)C1=O. The first kappa shape index (κ1) is 16.2. The molecule has 1 N–H and O–H groups in total. The van der Waals surface area contributed by atoms with Crippen LogP contribution >= 0.6 is 34.2 Å². The first-order chi connectivity index (χ1) is 9.87. The van der Waals surface area contributed by atoms with Gasteiger partial charge in [-0.25, -0.2) is 9.69 Å². The molecule has 0 spiro atoms. The van der Waals surface area contributed by atoms with E-state index in [1.54, 1.807) is 32.0 Å². The number of amides is 4. The molecular formula is C14H14ClIN2O3. The molecule has 1 heterocycles. The molecule has 4 amide bonds. The molecule has 1 aliphatic heterocycles. The van der Waals surface area contributed by atoms with E-state index in [-0.39, 0.29) is 0 Å². The Morgan fingerprint density at radius 1 is 1.24 bits per heavy atom. The van der Waals surface area contributed by atoms with Crippen molar-refractivity contribution in [3.05, 3.63) is 26.8 Å². The highest BCUT2D eigenvalue weighted by molar-refractivity contribution is 14.1. The summed E-state index contributed by atoms with van der Waals surface area (Å²) in [4.78, 5) is 37.9. The van der Waals surface area contributed by atoms with Crippen LogP contribution in [0.25, 0.3) is 0 Å². The standard InChI is InChI=1S/C14H14ClIN2O3/c1-3-14(4-2)11(19)17-13(21)18(12(14)20)10-6-5-8(16)7-9(10)15/h5-7H,3-4H2,1-2H3,(H,17,19,21). The number of halogens is 2. The van der Waals surface area contributed by atoms with Gasteiger partial charge in [-0.15, -0.1) is 0 Å². The van der Waals surface area contributed by atoms with Crippen molar-refractivity contribution in [2.45, 2.75) is 26.7 Å². The summed E-state index contributed by atoms with van der Waals surface area (Å²) in [6.07, 6.45) is 0.639. The predicted octanol–water partition coefficient (Wildman–Crippen LogP) is 3.33. The van der Waals surface area contributed by atoms with Crippen LogP contribution in [0.2, 0.25) is 5.02 Å². The van der Waals surface area contributed by atoms with Gasteiger partial charge in [-0.2, -0.15) is 0 Å². The van der Waals surface area contributed by atoms with Crippen molar-refractivity contribution in [3.63, 3.8) is 0 Å². The fourth-order valence-corrected chi connectivity index (χ4v) is 3.37. The number of benzene rings is 1. The molecule has 1 aromatic rings. The quantitative estimate of drug-likeness (QED) is 0.602. The van der Waals surface area contributed by atoms with Crippen LogP contribution < -0.4 is 10.2 Å². The lowest BCUT2D eigenvalue weighted by Gasteiger charge is -2.38. The highest BCUT2D eigenvalue weighted by Crippen LogP contribution is 2.37. The Balaban J connectivity index is 2.54. The van der Waals surface area contributed by atoms with Gasteiger partial charge in [0, 0.05) is 3.57 Å². The molecule has 1 aromatic carbocycles. The Kier molecular flexibility index (Phi) is 4.57. The van der Waals surface area contributed by atoms with Gasteiger partial charge in [0.05, 0.1) is 10.7 Å². The zero-order chi connectivity index (χ0) is 15.8. The van der Waals surface area contributed by atoms with Crippen LogP contribution in [0.5, 0.6) is 0 Å². The molecule has 2 rings (SSSR count). The van der Waals surface area contributed by atoms with E-state index < -0.39 is 23.3 Å². The fourth-order valence-electron chi connectivity index (χ4n) is 2.43. The molecule has 0 aromatic heterocycles. The van der Waals surface area contributed by atoms with E-state index in [1.165, 1.54) is 0 Å². The van der Waals surface area contributed by atoms with E-state index in [0.29, 0.717) is 23.6 Å². The first-order valence-corrected chi connectivity index (χ1v) is 7.98. The van der Waals surface area contributed by atoms with E-state index >= 15 is 0 Å². The normalized spacial score (nSPS) is 17.9. The van der Waals surface area contributed by atoms with Gasteiger partial charge < -0.3 is 0 Å². The summed E-state index contributed by atoms with van der Waals surface area (Å²) < 4.78 is 0.888. The number of imide groups is 2. The first-order valence-electron chi connectivity index (χ1n) is 6.52. The van der Waals surface area contributed by atoms with Crippen molar-refractivity contribution in [1.82, 2.24) is 5.32 Å². The second-order valence-corrected chi connectivity index (χ2v) is 6.44. The molecule has 1 fully saturated rings. The topological polar surface area (TPSA) is 66.5 Å². The highest BCUT2D eigenvalue weighted by Gasteiger charge is 2.52. The molecule has 0 unspecified atom stereocenters. The number of anilines is 1. The zero-order valence-electron chi connectivity index (χ0n) is 11.6. The number of hydrogen-bond donors (Lipinski definition) is 1. The van der Waals surface area contributed by atoms with Gasteiger partial charge in [0.1, 0.15) is 5.41 Å². The summed E-state index contributed by atoms with van der Waals surface area (Å²) in [6.45, 7) is 3.51. The number of carbonyl (C=O) groups is 3. The van der Waals surface area contributed by atoms with Crippen molar-refractivity contribution in [1.29, 1.82) is 0 Å². The molecule has 0 aliphatic carbocycles. The van der Waals surface area contributed by atoms with Gasteiger partial charge >= 0.3 is 6.03 Å². The van der Waals surface area contributed by atoms with E-state index in [9.17, 15) is 14.4 Å². The Morgan fingerprint density at radius 3 is 2.38 bits per heavy atom. The fraction of sp³-hybridized carbons (Fsp3) is 0.357. The number of nitrogens with zero attached hydrogens (tertiary/aromatic N) is 1. The van der Waals surface area contributed by atoms with Gasteiger partial charge in [0.25, 0.3) is 5.91 Å². The minimum Gasteiger partial charge on any atom is -0.276 e. The van der Waals surface area contributed by atoms with Gasteiger partial charge in [0.15, 0.2) is 0 Å². The highest BCUT2D eigenvalue weighted by atomic mass is 127. The van der Waals surface area contributed by atoms with Crippen molar-refractivity contribution in [3.8, 4) is 0 Å². The average Bonchev–Trinajstić information content (AvgIpc) is 2.42. The Morgan fingerprint density at radius 2 is 1.86 bits per heavy atom. The maximum Gasteiger partial charge on any atom is 0.335 e. The summed E-state index contributed by atoms with van der Waals surface area (Å²) >= 11 is 8.23. The lowest BCUT2D eigenvalue weighted by molar-refractivity contribution is -0.143. The molecule has 5 nitrogen and oxygen atoms in total. The maximum absolute atomic E-state index is 12.8. The van der Waals surface area contributed by atoms with Crippen LogP contribution in [0.3, 0.4) is 0 Å². The molecule has 0 radical (unpaired) electrons. The lowest BCUT2D eigenvalue weighted by atomic mass is 9.78. The van der Waals surface area contributed by atoms with Gasteiger partial charge in [-0.1, -0.05) is 25.4 Å². The second-order valence-electron chi connectivity index (χ2n) is 4.78. The molecule has 21 heavy (non-hydrogen) atoms. The molecule has 1 saturated heterocycles. The minimum atomic E-state index is -1.22. The van der Waals surface area contributed by atoms with Gasteiger partial charge in [-0.05, 0) is 53.6 Å². The number of rotatable bonds is 3. The van der Waals surface area contributed by atoms with Crippen LogP contribution in [-0.4, -0.2) is 17.8 Å². The maximum atomic E-state index is 12.8. The van der Waals surface area contributed by atoms with E-state index in [0.717, 1.165) is 8.47 Å². The number of urea groups is 1. The van der Waals surface area contributed by atoms with E-state index in [1.807, 2.05) is 0 Å². The molecular weight excluding hydrogens is 407 g/mol. The van der Waals surface area contributed by atoms with Crippen LogP contribution in [0.1, 0.15) is 26.7 Å². The number of hydrogen-bond acceptors (Lipinski definition) is 3. The summed E-state index contributed by atoms with van der Waals surface area (Å²) in [5.41, 5.74) is -0.932. The summed E-state index contributed by atoms with van der Waals surface area (Å²) in [5, 5.41) is 2.55. The summed E-state index contributed by atoms with van der Waals surface area (Å²) in [7, 11) is 0. The summed E-state index contributed by atoms with van der Waals surface area (Å²) in [5.74, 6) is -1.07. The Hall–Kier alpha value is -1.15. The zero-order valence-corrected chi connectivity index (χ0v) is 14.5. The average molecular weight is 421 g/mol. The lowest BCUT2D eigenvalue weighted by Crippen LogP contribution is -2.64. The van der Waals surface area contributed by atoms with Crippen molar-refractivity contribution >= 4 is 57.7 Å². The monoisotopic (exact) mass is 420 g/mol.